The van der Waals surface area contributed by atoms with Gasteiger partial charge in [-0.15, -0.1) is 0 Å². The third-order valence-electron chi connectivity index (χ3n) is 3.73. The fraction of sp³-hybridized carbons (Fsp3) is 0.0588. The van der Waals surface area contributed by atoms with E-state index in [1.165, 1.54) is 28.1 Å². The van der Waals surface area contributed by atoms with Crippen LogP contribution in [0.2, 0.25) is 5.02 Å². The minimum absolute atomic E-state index is 0.00588. The van der Waals surface area contributed by atoms with E-state index in [1.54, 1.807) is 49.6 Å². The monoisotopic (exact) mass is 356 g/mol. The highest BCUT2D eigenvalue weighted by molar-refractivity contribution is 6.30. The number of rotatable bonds is 4. The van der Waals surface area contributed by atoms with E-state index in [0.29, 0.717) is 10.7 Å². The predicted octanol–water partition coefficient (Wildman–Crippen LogP) is 3.71. The van der Waals surface area contributed by atoms with Crippen LogP contribution in [0.25, 0.3) is 5.69 Å². The molecule has 1 aromatic heterocycles. The van der Waals surface area contributed by atoms with Gasteiger partial charge in [-0.25, -0.2) is 4.98 Å². The van der Waals surface area contributed by atoms with Gasteiger partial charge in [-0.2, -0.15) is 0 Å². The van der Waals surface area contributed by atoms with E-state index in [2.05, 4.69) is 4.98 Å². The van der Waals surface area contributed by atoms with Crippen molar-refractivity contribution in [3.63, 3.8) is 0 Å². The van der Waals surface area contributed by atoms with E-state index < -0.39 is 10.8 Å². The number of carbonyl (C=O) groups excluding carboxylic acids is 1. The van der Waals surface area contributed by atoms with Gasteiger partial charge in [0.05, 0.1) is 11.3 Å². The van der Waals surface area contributed by atoms with Crippen LogP contribution >= 0.6 is 11.6 Å². The minimum atomic E-state index is -0.557. The van der Waals surface area contributed by atoms with Crippen molar-refractivity contribution in [1.29, 1.82) is 0 Å². The first-order valence-electron chi connectivity index (χ1n) is 7.28. The molecule has 126 valence electrons. The Bertz CT molecular complexity index is 924. The van der Waals surface area contributed by atoms with Gasteiger partial charge in [0, 0.05) is 30.2 Å². The smallest absolute Gasteiger partial charge is 0.305 e. The molecule has 0 N–H and O–H groups in total. The number of benzene rings is 2. The van der Waals surface area contributed by atoms with E-state index in [-0.39, 0.29) is 16.9 Å². The van der Waals surface area contributed by atoms with Gasteiger partial charge in [0.2, 0.25) is 0 Å². The van der Waals surface area contributed by atoms with Crippen molar-refractivity contribution in [2.24, 2.45) is 0 Å². The summed E-state index contributed by atoms with van der Waals surface area (Å²) in [5, 5.41) is 12.2. The number of amides is 1. The second kappa shape index (κ2) is 6.74. The number of halogens is 1. The lowest BCUT2D eigenvalue weighted by atomic mass is 10.1. The maximum absolute atomic E-state index is 12.8. The summed E-state index contributed by atoms with van der Waals surface area (Å²) in [6.45, 7) is 0. The van der Waals surface area contributed by atoms with Crippen molar-refractivity contribution >= 4 is 28.9 Å². The Morgan fingerprint density at radius 2 is 1.96 bits per heavy atom. The third kappa shape index (κ3) is 3.22. The molecule has 0 fully saturated rings. The standard InChI is InChI=1S/C17H13ClN4O3/c1-20(13-7-5-12(18)6-8-13)17(23)14-3-2-4-15(16(14)22(24)25)21-10-9-19-11-21/h2-11H,1H3. The van der Waals surface area contributed by atoms with Gasteiger partial charge in [0.15, 0.2) is 0 Å². The number of para-hydroxylation sites is 1. The molecule has 25 heavy (non-hydrogen) atoms. The van der Waals surface area contributed by atoms with Crippen molar-refractivity contribution < 1.29 is 9.72 Å². The molecule has 1 heterocycles. The number of nitro groups is 1. The molecule has 0 aliphatic heterocycles. The summed E-state index contributed by atoms with van der Waals surface area (Å²) in [6.07, 6.45) is 4.54. The van der Waals surface area contributed by atoms with Crippen LogP contribution in [-0.2, 0) is 0 Å². The molecular weight excluding hydrogens is 344 g/mol. The highest BCUT2D eigenvalue weighted by Gasteiger charge is 2.27. The van der Waals surface area contributed by atoms with Gasteiger partial charge >= 0.3 is 5.69 Å². The molecule has 8 heteroatoms. The summed E-state index contributed by atoms with van der Waals surface area (Å²) >= 11 is 5.86. The highest BCUT2D eigenvalue weighted by Crippen LogP contribution is 2.29. The van der Waals surface area contributed by atoms with E-state index in [9.17, 15) is 14.9 Å². The molecular formula is C17H13ClN4O3. The maximum atomic E-state index is 12.8. The summed E-state index contributed by atoms with van der Waals surface area (Å²) < 4.78 is 1.50. The van der Waals surface area contributed by atoms with Gasteiger partial charge in [-0.1, -0.05) is 17.7 Å². The lowest BCUT2D eigenvalue weighted by Gasteiger charge is -2.18. The third-order valence-corrected chi connectivity index (χ3v) is 3.98. The molecule has 1 amide bonds. The molecule has 3 rings (SSSR count). The Hall–Kier alpha value is -3.19. The normalized spacial score (nSPS) is 10.5. The van der Waals surface area contributed by atoms with Crippen LogP contribution < -0.4 is 4.90 Å². The summed E-state index contributed by atoms with van der Waals surface area (Å²) in [5.74, 6) is -0.490. The molecule has 0 radical (unpaired) electrons. The van der Waals surface area contributed by atoms with E-state index >= 15 is 0 Å². The van der Waals surface area contributed by atoms with Gasteiger partial charge in [0.1, 0.15) is 11.3 Å². The fourth-order valence-corrected chi connectivity index (χ4v) is 2.59. The van der Waals surface area contributed by atoms with Gasteiger partial charge in [-0.05, 0) is 36.4 Å². The largest absolute Gasteiger partial charge is 0.311 e. The minimum Gasteiger partial charge on any atom is -0.311 e. The molecule has 0 unspecified atom stereocenters. The van der Waals surface area contributed by atoms with Crippen LogP contribution in [0, 0.1) is 10.1 Å². The van der Waals surface area contributed by atoms with Crippen molar-refractivity contribution in [2.45, 2.75) is 0 Å². The quantitative estimate of drug-likeness (QED) is 0.527. The topological polar surface area (TPSA) is 81.3 Å². The van der Waals surface area contributed by atoms with Crippen molar-refractivity contribution in [1.82, 2.24) is 9.55 Å². The van der Waals surface area contributed by atoms with Crippen molar-refractivity contribution in [2.75, 3.05) is 11.9 Å². The van der Waals surface area contributed by atoms with Gasteiger partial charge in [0.25, 0.3) is 5.91 Å². The Morgan fingerprint density at radius 3 is 2.56 bits per heavy atom. The Labute approximate surface area is 148 Å². The van der Waals surface area contributed by atoms with Crippen LogP contribution in [0.3, 0.4) is 0 Å². The van der Waals surface area contributed by atoms with Crippen molar-refractivity contribution in [3.8, 4) is 5.69 Å². The van der Waals surface area contributed by atoms with E-state index in [1.807, 2.05) is 0 Å². The molecule has 0 atom stereocenters. The number of aromatic nitrogens is 2. The second-order valence-corrected chi connectivity index (χ2v) is 5.68. The molecule has 0 saturated carbocycles. The molecule has 7 nitrogen and oxygen atoms in total. The molecule has 2 aromatic carbocycles. The zero-order valence-corrected chi connectivity index (χ0v) is 13.9. The molecule has 0 spiro atoms. The maximum Gasteiger partial charge on any atom is 0.305 e. The molecule has 3 aromatic rings. The number of nitro benzene ring substituents is 1. The molecule has 0 aliphatic rings. The van der Waals surface area contributed by atoms with Crippen LogP contribution in [0.5, 0.6) is 0 Å². The van der Waals surface area contributed by atoms with Crippen LogP contribution in [-0.4, -0.2) is 27.4 Å². The van der Waals surface area contributed by atoms with Crippen LogP contribution in [0.1, 0.15) is 10.4 Å². The van der Waals surface area contributed by atoms with Gasteiger partial charge < -0.3 is 9.47 Å². The Morgan fingerprint density at radius 1 is 1.24 bits per heavy atom. The number of carbonyl (C=O) groups is 1. The molecule has 0 aliphatic carbocycles. The van der Waals surface area contributed by atoms with Crippen molar-refractivity contribution in [3.05, 3.63) is 81.9 Å². The summed E-state index contributed by atoms with van der Waals surface area (Å²) in [4.78, 5) is 29.2. The average molecular weight is 357 g/mol. The van der Waals surface area contributed by atoms with E-state index in [4.69, 9.17) is 11.6 Å². The second-order valence-electron chi connectivity index (χ2n) is 5.24. The fourth-order valence-electron chi connectivity index (χ4n) is 2.47. The SMILES string of the molecule is CN(C(=O)c1cccc(-n2ccnc2)c1[N+](=O)[O-])c1ccc(Cl)cc1. The zero-order valence-electron chi connectivity index (χ0n) is 13.2. The first-order chi connectivity index (χ1) is 12.0. The molecule has 0 bridgehead atoms. The Balaban J connectivity index is 2.07. The van der Waals surface area contributed by atoms with Gasteiger partial charge in [-0.3, -0.25) is 14.9 Å². The predicted molar refractivity (Wildman–Crippen MR) is 94.4 cm³/mol. The number of imidazole rings is 1. The number of anilines is 1. The number of hydrogen-bond donors (Lipinski definition) is 0. The highest BCUT2D eigenvalue weighted by atomic mass is 35.5. The zero-order chi connectivity index (χ0) is 18.0. The summed E-state index contributed by atoms with van der Waals surface area (Å²) in [5.41, 5.74) is 0.578. The number of hydrogen-bond acceptors (Lipinski definition) is 4. The first kappa shape index (κ1) is 16.7. The Kier molecular flexibility index (Phi) is 4.49. The molecule has 0 saturated heterocycles. The number of nitrogens with zero attached hydrogens (tertiary/aromatic N) is 4. The van der Waals surface area contributed by atoms with Crippen LogP contribution in [0.4, 0.5) is 11.4 Å². The average Bonchev–Trinajstić information content (AvgIpc) is 3.15. The van der Waals surface area contributed by atoms with Crippen LogP contribution in [0.15, 0.2) is 61.2 Å². The first-order valence-corrected chi connectivity index (χ1v) is 7.66. The van der Waals surface area contributed by atoms with E-state index in [0.717, 1.165) is 0 Å². The summed E-state index contributed by atoms with van der Waals surface area (Å²) in [6, 6.07) is 11.3. The lowest BCUT2D eigenvalue weighted by Crippen LogP contribution is -2.27. The summed E-state index contributed by atoms with van der Waals surface area (Å²) in [7, 11) is 1.55. The lowest BCUT2D eigenvalue weighted by molar-refractivity contribution is -0.384.